The van der Waals surface area contributed by atoms with Gasteiger partial charge in [0.15, 0.2) is 0 Å². The number of rotatable bonds is 5. The Kier molecular flexibility index (Phi) is 4.25. The summed E-state index contributed by atoms with van der Waals surface area (Å²) in [7, 11) is 0. The fraction of sp³-hybridized carbons (Fsp3) is 0.353. The SMILES string of the molecule is CC1COC1COC(=O)Cc1ccc(N2C(=O)C=CC2=O)cc1. The summed E-state index contributed by atoms with van der Waals surface area (Å²) in [6, 6.07) is 6.70. The van der Waals surface area contributed by atoms with Crippen molar-refractivity contribution in [2.45, 2.75) is 19.4 Å². The van der Waals surface area contributed by atoms with Gasteiger partial charge in [-0.2, -0.15) is 0 Å². The number of imide groups is 1. The van der Waals surface area contributed by atoms with Crippen molar-refractivity contribution in [1.29, 1.82) is 0 Å². The number of amides is 2. The molecule has 0 aliphatic carbocycles. The topological polar surface area (TPSA) is 72.9 Å². The zero-order valence-corrected chi connectivity index (χ0v) is 12.7. The van der Waals surface area contributed by atoms with E-state index >= 15 is 0 Å². The molecule has 6 heteroatoms. The molecule has 0 aromatic heterocycles. The second-order valence-electron chi connectivity index (χ2n) is 5.72. The molecule has 0 saturated carbocycles. The molecule has 2 amide bonds. The number of anilines is 1. The van der Waals surface area contributed by atoms with Crippen molar-refractivity contribution in [3.05, 3.63) is 42.0 Å². The highest BCUT2D eigenvalue weighted by Gasteiger charge is 2.29. The maximum Gasteiger partial charge on any atom is 0.310 e. The first-order valence-corrected chi connectivity index (χ1v) is 7.47. The van der Waals surface area contributed by atoms with Crippen LogP contribution in [0.15, 0.2) is 36.4 Å². The third-order valence-corrected chi connectivity index (χ3v) is 3.97. The molecule has 1 fully saturated rings. The quantitative estimate of drug-likeness (QED) is 0.604. The maximum atomic E-state index is 11.8. The average molecular weight is 315 g/mol. The van der Waals surface area contributed by atoms with E-state index in [-0.39, 0.29) is 36.9 Å². The van der Waals surface area contributed by atoms with Gasteiger partial charge in [0, 0.05) is 18.1 Å². The number of hydrogen-bond donors (Lipinski definition) is 0. The highest BCUT2D eigenvalue weighted by atomic mass is 16.6. The third-order valence-electron chi connectivity index (χ3n) is 3.97. The van der Waals surface area contributed by atoms with Gasteiger partial charge in [-0.3, -0.25) is 14.4 Å². The van der Waals surface area contributed by atoms with Crippen LogP contribution in [0.25, 0.3) is 0 Å². The molecule has 2 aliphatic rings. The van der Waals surface area contributed by atoms with E-state index in [0.29, 0.717) is 18.2 Å². The van der Waals surface area contributed by atoms with Gasteiger partial charge in [0.25, 0.3) is 11.8 Å². The van der Waals surface area contributed by atoms with E-state index in [1.165, 1.54) is 12.2 Å². The minimum Gasteiger partial charge on any atom is -0.463 e. The van der Waals surface area contributed by atoms with Crippen molar-refractivity contribution >= 4 is 23.5 Å². The first-order chi connectivity index (χ1) is 11.0. The zero-order chi connectivity index (χ0) is 16.4. The second kappa shape index (κ2) is 6.34. The van der Waals surface area contributed by atoms with E-state index in [4.69, 9.17) is 9.47 Å². The molecule has 0 radical (unpaired) electrons. The first kappa shape index (κ1) is 15.4. The van der Waals surface area contributed by atoms with Crippen molar-refractivity contribution in [2.75, 3.05) is 18.1 Å². The van der Waals surface area contributed by atoms with Crippen molar-refractivity contribution < 1.29 is 23.9 Å². The number of nitrogens with zero attached hydrogens (tertiary/aromatic N) is 1. The fourth-order valence-electron chi connectivity index (χ4n) is 2.45. The van der Waals surface area contributed by atoms with Crippen LogP contribution >= 0.6 is 0 Å². The van der Waals surface area contributed by atoms with E-state index in [2.05, 4.69) is 6.92 Å². The summed E-state index contributed by atoms with van der Waals surface area (Å²) in [6.07, 6.45) is 2.61. The lowest BCUT2D eigenvalue weighted by Gasteiger charge is -2.33. The lowest BCUT2D eigenvalue weighted by Crippen LogP contribution is -2.41. The van der Waals surface area contributed by atoms with Crippen LogP contribution in [0.5, 0.6) is 0 Å². The summed E-state index contributed by atoms with van der Waals surface area (Å²) in [6.45, 7) is 3.05. The minimum absolute atomic E-state index is 0.000942. The van der Waals surface area contributed by atoms with Crippen LogP contribution in [0.2, 0.25) is 0 Å². The van der Waals surface area contributed by atoms with Gasteiger partial charge in [-0.15, -0.1) is 0 Å². The molecule has 1 aromatic carbocycles. The van der Waals surface area contributed by atoms with Gasteiger partial charge in [0.2, 0.25) is 0 Å². The van der Waals surface area contributed by atoms with Gasteiger partial charge in [-0.1, -0.05) is 19.1 Å². The lowest BCUT2D eigenvalue weighted by atomic mass is 10.0. The molecular weight excluding hydrogens is 298 g/mol. The van der Waals surface area contributed by atoms with Crippen LogP contribution in [0.3, 0.4) is 0 Å². The Hall–Kier alpha value is -2.47. The highest BCUT2D eigenvalue weighted by molar-refractivity contribution is 6.28. The molecule has 1 aromatic rings. The molecule has 23 heavy (non-hydrogen) atoms. The standard InChI is InChI=1S/C17H17NO5/c1-11-9-22-14(11)10-23-17(21)8-12-2-4-13(5-3-12)18-15(19)6-7-16(18)20/h2-7,11,14H,8-10H2,1H3. The number of carbonyl (C=O) groups excluding carboxylic acids is 3. The number of esters is 1. The number of hydrogen-bond acceptors (Lipinski definition) is 5. The Labute approximate surface area is 133 Å². The van der Waals surface area contributed by atoms with Crippen LogP contribution in [0.1, 0.15) is 12.5 Å². The fourth-order valence-corrected chi connectivity index (χ4v) is 2.45. The number of carbonyl (C=O) groups is 3. The monoisotopic (exact) mass is 315 g/mol. The lowest BCUT2D eigenvalue weighted by molar-refractivity contribution is -0.164. The average Bonchev–Trinajstić information content (AvgIpc) is 2.86. The zero-order valence-electron chi connectivity index (χ0n) is 12.7. The number of ether oxygens (including phenoxy) is 2. The number of benzene rings is 1. The Morgan fingerprint density at radius 2 is 1.87 bits per heavy atom. The van der Waals surface area contributed by atoms with Crippen molar-refractivity contribution in [3.8, 4) is 0 Å². The summed E-state index contributed by atoms with van der Waals surface area (Å²) >= 11 is 0. The Morgan fingerprint density at radius 1 is 1.22 bits per heavy atom. The Balaban J connectivity index is 1.54. The van der Waals surface area contributed by atoms with Gasteiger partial charge in [-0.25, -0.2) is 4.90 Å². The molecule has 2 aliphatic heterocycles. The van der Waals surface area contributed by atoms with Crippen LogP contribution in [0.4, 0.5) is 5.69 Å². The summed E-state index contributed by atoms with van der Waals surface area (Å²) < 4.78 is 10.5. The smallest absolute Gasteiger partial charge is 0.310 e. The molecule has 0 bridgehead atoms. The van der Waals surface area contributed by atoms with Gasteiger partial charge in [-0.05, 0) is 17.7 Å². The van der Waals surface area contributed by atoms with Gasteiger partial charge in [0.1, 0.15) is 6.61 Å². The van der Waals surface area contributed by atoms with E-state index in [9.17, 15) is 14.4 Å². The normalized spacial score (nSPS) is 23.1. The summed E-state index contributed by atoms with van der Waals surface area (Å²) in [5, 5.41) is 0. The highest BCUT2D eigenvalue weighted by Crippen LogP contribution is 2.21. The van der Waals surface area contributed by atoms with Crippen LogP contribution in [-0.2, 0) is 30.3 Å². The van der Waals surface area contributed by atoms with Crippen LogP contribution in [-0.4, -0.2) is 37.1 Å². The van der Waals surface area contributed by atoms with Crippen molar-refractivity contribution in [2.24, 2.45) is 5.92 Å². The van der Waals surface area contributed by atoms with Crippen LogP contribution < -0.4 is 4.90 Å². The molecule has 2 unspecified atom stereocenters. The molecule has 3 rings (SSSR count). The predicted molar refractivity (Wildman–Crippen MR) is 81.6 cm³/mol. The third kappa shape index (κ3) is 3.32. The largest absolute Gasteiger partial charge is 0.463 e. The van der Waals surface area contributed by atoms with Crippen molar-refractivity contribution in [3.63, 3.8) is 0 Å². The minimum atomic E-state index is -0.364. The Morgan fingerprint density at radius 3 is 2.39 bits per heavy atom. The molecule has 120 valence electrons. The molecule has 2 heterocycles. The van der Waals surface area contributed by atoms with E-state index in [1.54, 1.807) is 24.3 Å². The van der Waals surface area contributed by atoms with Gasteiger partial charge < -0.3 is 9.47 Å². The molecule has 0 spiro atoms. The van der Waals surface area contributed by atoms with E-state index in [1.807, 2.05) is 0 Å². The van der Waals surface area contributed by atoms with E-state index in [0.717, 1.165) is 10.5 Å². The molecule has 1 saturated heterocycles. The molecule has 2 atom stereocenters. The van der Waals surface area contributed by atoms with Crippen LogP contribution in [0, 0.1) is 5.92 Å². The van der Waals surface area contributed by atoms with Crippen molar-refractivity contribution in [1.82, 2.24) is 0 Å². The molecule has 0 N–H and O–H groups in total. The maximum absolute atomic E-state index is 11.8. The Bertz CT molecular complexity index is 646. The summed E-state index contributed by atoms with van der Waals surface area (Å²) in [5.41, 5.74) is 1.24. The molecule has 6 nitrogen and oxygen atoms in total. The summed E-state index contributed by atoms with van der Waals surface area (Å²) in [5.74, 6) is -0.629. The molecular formula is C17H17NO5. The van der Waals surface area contributed by atoms with Gasteiger partial charge >= 0.3 is 5.97 Å². The van der Waals surface area contributed by atoms with Gasteiger partial charge in [0.05, 0.1) is 24.8 Å². The van der Waals surface area contributed by atoms with E-state index < -0.39 is 0 Å². The predicted octanol–water partition coefficient (Wildman–Crippen LogP) is 1.24. The first-order valence-electron chi connectivity index (χ1n) is 7.47. The summed E-state index contributed by atoms with van der Waals surface area (Å²) in [4.78, 5) is 36.1. The second-order valence-corrected chi connectivity index (χ2v) is 5.72.